The fourth-order valence-electron chi connectivity index (χ4n) is 13.1. The summed E-state index contributed by atoms with van der Waals surface area (Å²) < 4.78 is 68.9. The van der Waals surface area contributed by atoms with E-state index in [1.807, 2.05) is 0 Å². The monoisotopic (exact) mass is 1520 g/mol. The van der Waals surface area contributed by atoms with Crippen molar-refractivity contribution in [3.8, 4) is 0 Å². The maximum Gasteiger partial charge on any atom is 0.472 e. The molecule has 0 aromatic heterocycles. The van der Waals surface area contributed by atoms with Gasteiger partial charge in [0.2, 0.25) is 0 Å². The van der Waals surface area contributed by atoms with Crippen molar-refractivity contribution in [1.29, 1.82) is 0 Å². The maximum absolute atomic E-state index is 13.1. The third-order valence-corrected chi connectivity index (χ3v) is 22.1. The summed E-state index contributed by atoms with van der Waals surface area (Å²) in [5.74, 6) is 1.05. The van der Waals surface area contributed by atoms with E-state index < -0.39 is 97.5 Å². The van der Waals surface area contributed by atoms with Gasteiger partial charge in [-0.25, -0.2) is 9.13 Å². The predicted molar refractivity (Wildman–Crippen MR) is 428 cm³/mol. The second-order valence-electron chi connectivity index (χ2n) is 32.2. The molecule has 104 heavy (non-hydrogen) atoms. The summed E-state index contributed by atoms with van der Waals surface area (Å²) in [4.78, 5) is 73.2. The van der Waals surface area contributed by atoms with Gasteiger partial charge in [0.15, 0.2) is 12.2 Å². The van der Waals surface area contributed by atoms with Crippen LogP contribution >= 0.6 is 15.6 Å². The van der Waals surface area contributed by atoms with Crippen LogP contribution in [0.3, 0.4) is 0 Å². The van der Waals surface area contributed by atoms with E-state index in [0.717, 1.165) is 114 Å². The molecule has 0 aliphatic carbocycles. The first kappa shape index (κ1) is 102. The van der Waals surface area contributed by atoms with Crippen LogP contribution in [0.25, 0.3) is 0 Å². The molecule has 0 bridgehead atoms. The molecule has 0 rings (SSSR count). The van der Waals surface area contributed by atoms with Crippen LogP contribution in [0.4, 0.5) is 0 Å². The number of aliphatic hydroxyl groups is 1. The highest BCUT2D eigenvalue weighted by Crippen LogP contribution is 2.45. The molecule has 0 fully saturated rings. The Bertz CT molecular complexity index is 2030. The number of hydrogen-bond donors (Lipinski definition) is 3. The van der Waals surface area contributed by atoms with Crippen LogP contribution in [0.15, 0.2) is 0 Å². The molecule has 0 radical (unpaired) electrons. The number of carbonyl (C=O) groups is 4. The highest BCUT2D eigenvalue weighted by molar-refractivity contribution is 7.47. The average Bonchev–Trinajstić information content (AvgIpc) is 0.903. The minimum Gasteiger partial charge on any atom is -0.462 e. The number of unbranched alkanes of at least 4 members (excludes halogenated alkanes) is 47. The molecule has 618 valence electrons. The van der Waals surface area contributed by atoms with Crippen LogP contribution < -0.4 is 0 Å². The van der Waals surface area contributed by atoms with Gasteiger partial charge in [0.25, 0.3) is 0 Å². The van der Waals surface area contributed by atoms with Crippen LogP contribution in [-0.4, -0.2) is 96.7 Å². The van der Waals surface area contributed by atoms with Crippen molar-refractivity contribution in [3.63, 3.8) is 0 Å². The van der Waals surface area contributed by atoms with Crippen molar-refractivity contribution in [2.45, 2.75) is 459 Å². The summed E-state index contributed by atoms with van der Waals surface area (Å²) in [5, 5.41) is 10.7. The first-order valence-electron chi connectivity index (χ1n) is 43.7. The molecule has 0 heterocycles. The summed E-state index contributed by atoms with van der Waals surface area (Å²) in [7, 11) is -9.93. The Labute approximate surface area is 638 Å². The largest absolute Gasteiger partial charge is 0.472 e. The van der Waals surface area contributed by atoms with Crippen molar-refractivity contribution in [3.05, 3.63) is 0 Å². The maximum atomic E-state index is 13.1. The van der Waals surface area contributed by atoms with Gasteiger partial charge < -0.3 is 33.8 Å². The van der Waals surface area contributed by atoms with Crippen LogP contribution in [0.1, 0.15) is 441 Å². The minimum absolute atomic E-state index is 0.107. The van der Waals surface area contributed by atoms with Gasteiger partial charge in [-0.15, -0.1) is 0 Å². The van der Waals surface area contributed by atoms with Crippen LogP contribution in [-0.2, 0) is 65.4 Å². The van der Waals surface area contributed by atoms with E-state index in [1.165, 1.54) is 238 Å². The highest BCUT2D eigenvalue weighted by atomic mass is 31.2. The van der Waals surface area contributed by atoms with E-state index in [1.54, 1.807) is 0 Å². The van der Waals surface area contributed by atoms with Crippen molar-refractivity contribution >= 4 is 39.5 Å². The Morgan fingerprint density at radius 1 is 0.269 bits per heavy atom. The van der Waals surface area contributed by atoms with E-state index in [2.05, 4.69) is 55.4 Å². The molecule has 3 N–H and O–H groups in total. The lowest BCUT2D eigenvalue weighted by molar-refractivity contribution is -0.161. The summed E-state index contributed by atoms with van der Waals surface area (Å²) in [5.41, 5.74) is 0. The van der Waals surface area contributed by atoms with Gasteiger partial charge in [-0.05, 0) is 49.4 Å². The number of aliphatic hydroxyl groups excluding tert-OH is 1. The van der Waals surface area contributed by atoms with Crippen molar-refractivity contribution in [1.82, 2.24) is 0 Å². The van der Waals surface area contributed by atoms with Crippen LogP contribution in [0.2, 0.25) is 0 Å². The third-order valence-electron chi connectivity index (χ3n) is 20.2. The molecule has 0 saturated carbocycles. The normalized spacial score (nSPS) is 14.2. The van der Waals surface area contributed by atoms with E-state index >= 15 is 0 Å². The van der Waals surface area contributed by atoms with E-state index in [4.69, 9.17) is 37.0 Å². The Morgan fingerprint density at radius 2 is 0.462 bits per heavy atom. The fourth-order valence-corrected chi connectivity index (χ4v) is 14.7. The van der Waals surface area contributed by atoms with Crippen molar-refractivity contribution < 1.29 is 80.2 Å². The lowest BCUT2D eigenvalue weighted by atomic mass is 9.99. The molecule has 0 aromatic rings. The Kier molecular flexibility index (Phi) is 72.5. The summed E-state index contributed by atoms with van der Waals surface area (Å²) in [6.45, 7) is 14.3. The van der Waals surface area contributed by atoms with E-state index in [9.17, 15) is 43.2 Å². The number of phosphoric acid groups is 2. The van der Waals surface area contributed by atoms with Gasteiger partial charge in [0.05, 0.1) is 26.4 Å². The van der Waals surface area contributed by atoms with Crippen LogP contribution in [0.5, 0.6) is 0 Å². The van der Waals surface area contributed by atoms with Gasteiger partial charge in [0.1, 0.15) is 19.3 Å². The molecule has 0 aliphatic heterocycles. The number of ether oxygens (including phenoxy) is 4. The highest BCUT2D eigenvalue weighted by Gasteiger charge is 2.30. The second-order valence-corrected chi connectivity index (χ2v) is 35.2. The molecule has 0 aliphatic rings. The number of esters is 4. The number of rotatable bonds is 82. The molecule has 0 aromatic carbocycles. The van der Waals surface area contributed by atoms with Gasteiger partial charge in [0, 0.05) is 25.7 Å². The first-order valence-corrected chi connectivity index (χ1v) is 46.7. The van der Waals surface area contributed by atoms with Crippen molar-refractivity contribution in [2.75, 3.05) is 39.6 Å². The molecule has 6 atom stereocenters. The quantitative estimate of drug-likeness (QED) is 0.0222. The fraction of sp³-hybridized carbons (Fsp3) is 0.953. The third kappa shape index (κ3) is 76.8. The zero-order chi connectivity index (χ0) is 76.7. The summed E-state index contributed by atoms with van der Waals surface area (Å²) >= 11 is 0. The molecular weight excluding hydrogens is 1350 g/mol. The zero-order valence-corrected chi connectivity index (χ0v) is 70.5. The molecule has 4 unspecified atom stereocenters. The summed E-state index contributed by atoms with van der Waals surface area (Å²) in [6, 6.07) is 0. The lowest BCUT2D eigenvalue weighted by Crippen LogP contribution is -2.30. The van der Waals surface area contributed by atoms with Gasteiger partial charge in [-0.1, -0.05) is 389 Å². The lowest BCUT2D eigenvalue weighted by Gasteiger charge is -2.21. The topological polar surface area (TPSA) is 237 Å². The number of carbonyl (C=O) groups excluding carboxylic acids is 4. The Balaban J connectivity index is 5.24. The molecule has 19 heteroatoms. The number of hydrogen-bond acceptors (Lipinski definition) is 15. The average molecular weight is 1520 g/mol. The zero-order valence-electron chi connectivity index (χ0n) is 68.7. The number of phosphoric ester groups is 2. The SMILES string of the molecule is CCC(C)CCCCCCCCCCCCCCCCC(=O)O[C@H](COC(=O)CCCCCCCCCC(C)C)COP(=O)(O)OCC(O)COP(=O)(O)OC[C@@H](COC(=O)CCCCCCCCCCCCCCCCCC(C)C)OC(=O)CCCCCCCCCCCCCCCCCC(C)C. The Morgan fingerprint density at radius 3 is 0.683 bits per heavy atom. The molecule has 0 amide bonds. The molecular formula is C85H166O17P2. The Hall–Kier alpha value is -1.94. The minimum atomic E-state index is -4.97. The summed E-state index contributed by atoms with van der Waals surface area (Å²) in [6.07, 6.45) is 62.5. The smallest absolute Gasteiger partial charge is 0.462 e. The van der Waals surface area contributed by atoms with E-state index in [-0.39, 0.29) is 25.7 Å². The standard InChI is InChI=1S/C85H166O17P2/c1-9-78(8)64-56-48-40-32-26-20-16-17-23-29-35-43-52-60-68-85(90)102-81(72-96-83(88)66-58-50-44-36-39-47-55-63-77(6)7)74-100-104(93,94)98-70-79(86)69-97-103(91,92)99-73-80(101-84(89)67-59-51-42-34-28-22-15-11-13-19-25-31-38-46-54-62-76(4)5)71-95-82(87)65-57-49-41-33-27-21-14-10-12-18-24-30-37-45-53-61-75(2)3/h75-81,86H,9-74H2,1-8H3,(H,91,92)(H,93,94)/t78?,79?,80-,81-/m1/s1. The van der Waals surface area contributed by atoms with Gasteiger partial charge in [-0.2, -0.15) is 0 Å². The first-order chi connectivity index (χ1) is 50.1. The predicted octanol–water partition coefficient (Wildman–Crippen LogP) is 25.6. The second kappa shape index (κ2) is 73.8. The van der Waals surface area contributed by atoms with Crippen molar-refractivity contribution in [2.24, 2.45) is 23.7 Å². The van der Waals surface area contributed by atoms with Gasteiger partial charge >= 0.3 is 39.5 Å². The molecule has 0 spiro atoms. The van der Waals surface area contributed by atoms with E-state index in [0.29, 0.717) is 31.6 Å². The van der Waals surface area contributed by atoms with Gasteiger partial charge in [-0.3, -0.25) is 37.3 Å². The molecule has 17 nitrogen and oxygen atoms in total. The van der Waals surface area contributed by atoms with Crippen LogP contribution in [0, 0.1) is 23.7 Å². The molecule has 0 saturated heterocycles.